The zero-order chi connectivity index (χ0) is 29.4. The van der Waals surface area contributed by atoms with Gasteiger partial charge in [-0.05, 0) is 116 Å². The number of hydrogen-bond donors (Lipinski definition) is 2. The van der Waals surface area contributed by atoms with Gasteiger partial charge in [0.15, 0.2) is 0 Å². The normalized spacial score (nSPS) is 37.2. The number of likely N-dealkylation sites (tertiary alicyclic amines) is 1. The lowest BCUT2D eigenvalue weighted by Crippen LogP contribution is -2.54. The summed E-state index contributed by atoms with van der Waals surface area (Å²) in [6, 6.07) is 6.25. The van der Waals surface area contributed by atoms with Crippen LogP contribution in [0.4, 0.5) is 0 Å². The Labute approximate surface area is 255 Å². The molecule has 8 atom stereocenters. The summed E-state index contributed by atoms with van der Waals surface area (Å²) in [5, 5.41) is 20.4. The molecule has 2 N–H and O–H groups in total. The largest absolute Gasteiger partial charge is 0.508 e. The lowest BCUT2D eigenvalue weighted by Gasteiger charge is -2.51. The number of nitrogens with zero attached hydrogens (tertiary/aromatic N) is 2. The first kappa shape index (κ1) is 28.8. The van der Waals surface area contributed by atoms with Crippen LogP contribution in [0.15, 0.2) is 35.4 Å². The number of rotatable bonds is 7. The van der Waals surface area contributed by atoms with Crippen molar-refractivity contribution in [3.05, 3.63) is 41.0 Å². The minimum Gasteiger partial charge on any atom is -0.508 e. The first-order valence-electron chi connectivity index (χ1n) is 16.5. The van der Waals surface area contributed by atoms with Gasteiger partial charge in [0.25, 0.3) is 5.91 Å². The smallest absolute Gasteiger partial charge is 0.253 e. The van der Waals surface area contributed by atoms with Crippen molar-refractivity contribution in [3.63, 3.8) is 0 Å². The fraction of sp³-hybridized carbons (Fsp3) is 0.714. The standard InChI is InChI=1S/C35H48N2O4S/c1-34(2)23-14-15-35(34,3)27(18-23)25-12-13-26(25)31(22-8-9-22)28-5-4-16-36(28)32(40)29-19-42-20-37(29)33(41)30(39)17-21-6-10-24(38)11-7-21/h6-7,10-11,23,25-30,38-39H,4-5,8-9,12-20H2,1-3H3. The first-order chi connectivity index (χ1) is 20.1. The lowest BCUT2D eigenvalue weighted by atomic mass is 9.54. The number of aliphatic hydroxyl groups is 1. The second-order valence-electron chi connectivity index (χ2n) is 15.0. The van der Waals surface area contributed by atoms with Gasteiger partial charge in [0.2, 0.25) is 5.91 Å². The number of phenols is 1. The van der Waals surface area contributed by atoms with Crippen LogP contribution in [0.3, 0.4) is 0 Å². The van der Waals surface area contributed by atoms with E-state index in [0.29, 0.717) is 28.4 Å². The Morgan fingerprint density at radius 2 is 1.79 bits per heavy atom. The van der Waals surface area contributed by atoms with E-state index in [1.54, 1.807) is 52.1 Å². The molecule has 4 saturated carbocycles. The van der Waals surface area contributed by atoms with Gasteiger partial charge < -0.3 is 20.0 Å². The quantitative estimate of drug-likeness (QED) is 0.393. The van der Waals surface area contributed by atoms with Crippen molar-refractivity contribution < 1.29 is 19.8 Å². The van der Waals surface area contributed by atoms with E-state index in [-0.39, 0.29) is 30.0 Å². The van der Waals surface area contributed by atoms with E-state index in [2.05, 4.69) is 25.7 Å². The van der Waals surface area contributed by atoms with Crippen LogP contribution in [0, 0.1) is 34.5 Å². The average Bonchev–Trinajstić information content (AvgIpc) is 3.30. The van der Waals surface area contributed by atoms with E-state index < -0.39 is 12.1 Å². The minimum absolute atomic E-state index is 0.0790. The van der Waals surface area contributed by atoms with E-state index in [1.807, 2.05) is 0 Å². The van der Waals surface area contributed by atoms with Crippen molar-refractivity contribution in [2.45, 2.75) is 103 Å². The molecule has 1 aromatic carbocycles. The van der Waals surface area contributed by atoms with Gasteiger partial charge in [0.05, 0.1) is 11.9 Å². The van der Waals surface area contributed by atoms with Crippen molar-refractivity contribution in [1.82, 2.24) is 9.80 Å². The molecule has 0 radical (unpaired) electrons. The van der Waals surface area contributed by atoms with Gasteiger partial charge >= 0.3 is 0 Å². The second kappa shape index (κ2) is 10.6. The molecule has 2 amide bonds. The Balaban J connectivity index is 1.07. The summed E-state index contributed by atoms with van der Waals surface area (Å²) in [6.45, 7) is 8.43. The Bertz CT molecular complexity index is 1270. The highest BCUT2D eigenvalue weighted by atomic mass is 32.2. The van der Waals surface area contributed by atoms with Gasteiger partial charge in [-0.15, -0.1) is 11.8 Å². The molecule has 0 spiro atoms. The summed E-state index contributed by atoms with van der Waals surface area (Å²) in [5.41, 5.74) is 4.90. The summed E-state index contributed by atoms with van der Waals surface area (Å²) < 4.78 is 0. The highest BCUT2D eigenvalue weighted by molar-refractivity contribution is 7.99. The Morgan fingerprint density at radius 1 is 1.02 bits per heavy atom. The van der Waals surface area contributed by atoms with Gasteiger partial charge in [-0.25, -0.2) is 0 Å². The summed E-state index contributed by atoms with van der Waals surface area (Å²) in [4.78, 5) is 31.4. The van der Waals surface area contributed by atoms with Gasteiger partial charge in [-0.3, -0.25) is 9.59 Å². The predicted molar refractivity (Wildman–Crippen MR) is 166 cm³/mol. The van der Waals surface area contributed by atoms with Crippen LogP contribution in [-0.2, 0) is 16.0 Å². The predicted octanol–water partition coefficient (Wildman–Crippen LogP) is 5.77. The van der Waals surface area contributed by atoms with Crippen LogP contribution in [0.2, 0.25) is 0 Å². The fourth-order valence-corrected chi connectivity index (χ4v) is 11.1. The van der Waals surface area contributed by atoms with Crippen LogP contribution >= 0.6 is 11.8 Å². The Kier molecular flexibility index (Phi) is 7.24. The molecule has 6 nitrogen and oxygen atoms in total. The zero-order valence-corrected chi connectivity index (χ0v) is 26.4. The number of hydrogen-bond acceptors (Lipinski definition) is 5. The van der Waals surface area contributed by atoms with Crippen LogP contribution in [0.1, 0.15) is 84.1 Å². The van der Waals surface area contributed by atoms with E-state index in [4.69, 9.17) is 0 Å². The van der Waals surface area contributed by atoms with Gasteiger partial charge in [0, 0.05) is 18.7 Å². The summed E-state index contributed by atoms with van der Waals surface area (Å²) in [5.74, 6) is 3.96. The number of benzene rings is 1. The summed E-state index contributed by atoms with van der Waals surface area (Å²) >= 11 is 1.61. The third kappa shape index (κ3) is 4.55. The van der Waals surface area contributed by atoms with Gasteiger partial charge in [-0.1, -0.05) is 38.5 Å². The zero-order valence-electron chi connectivity index (χ0n) is 25.6. The second-order valence-corrected chi connectivity index (χ2v) is 16.0. The molecule has 2 aliphatic heterocycles. The van der Waals surface area contributed by atoms with Crippen molar-refractivity contribution >= 4 is 23.6 Å². The highest BCUT2D eigenvalue weighted by Crippen LogP contribution is 2.72. The van der Waals surface area contributed by atoms with Crippen molar-refractivity contribution in [2.75, 3.05) is 18.2 Å². The third-order valence-electron chi connectivity index (χ3n) is 13.0. The molecule has 2 bridgehead atoms. The number of carbonyl (C=O) groups excluding carboxylic acids is 2. The van der Waals surface area contributed by atoms with Crippen LogP contribution in [0.5, 0.6) is 5.75 Å². The number of allylic oxidation sites excluding steroid dienone is 1. The molecule has 7 heteroatoms. The lowest BCUT2D eigenvalue weighted by molar-refractivity contribution is -0.148. The van der Waals surface area contributed by atoms with Gasteiger partial charge in [0.1, 0.15) is 17.9 Å². The molecule has 7 rings (SSSR count). The molecular formula is C35H48N2O4S. The monoisotopic (exact) mass is 592 g/mol. The Hall–Kier alpha value is -1.99. The van der Waals surface area contributed by atoms with Crippen LogP contribution in [0.25, 0.3) is 0 Å². The molecule has 2 heterocycles. The third-order valence-corrected chi connectivity index (χ3v) is 14.0. The van der Waals surface area contributed by atoms with Crippen molar-refractivity contribution in [2.24, 2.45) is 34.5 Å². The van der Waals surface area contributed by atoms with Crippen molar-refractivity contribution in [3.8, 4) is 5.75 Å². The first-order valence-corrected chi connectivity index (χ1v) is 17.6. The van der Waals surface area contributed by atoms with E-state index >= 15 is 0 Å². The molecule has 8 unspecified atom stereocenters. The van der Waals surface area contributed by atoms with Crippen LogP contribution < -0.4 is 0 Å². The van der Waals surface area contributed by atoms with Crippen LogP contribution in [-0.4, -0.2) is 68.2 Å². The molecule has 0 aromatic heterocycles. The van der Waals surface area contributed by atoms with E-state index in [0.717, 1.165) is 42.7 Å². The van der Waals surface area contributed by atoms with E-state index in [9.17, 15) is 19.8 Å². The number of thioether (sulfide) groups is 1. The summed E-state index contributed by atoms with van der Waals surface area (Å²) in [6.07, 6.45) is 10.2. The number of aromatic hydroxyl groups is 1. The van der Waals surface area contributed by atoms with Crippen molar-refractivity contribution in [1.29, 1.82) is 0 Å². The topological polar surface area (TPSA) is 81.1 Å². The average molecular weight is 593 g/mol. The molecule has 6 aliphatic rings. The molecule has 42 heavy (non-hydrogen) atoms. The molecule has 228 valence electrons. The van der Waals surface area contributed by atoms with E-state index in [1.165, 1.54) is 44.9 Å². The Morgan fingerprint density at radius 3 is 2.40 bits per heavy atom. The maximum absolute atomic E-state index is 14.2. The highest BCUT2D eigenvalue weighted by Gasteiger charge is 2.64. The molecule has 2 saturated heterocycles. The number of fused-ring (bicyclic) bond motifs is 2. The molecule has 4 aliphatic carbocycles. The maximum atomic E-state index is 14.2. The molecular weight excluding hydrogens is 544 g/mol. The number of aliphatic hydroxyl groups excluding tert-OH is 1. The maximum Gasteiger partial charge on any atom is 0.253 e. The fourth-order valence-electron chi connectivity index (χ4n) is 9.95. The molecule has 6 fully saturated rings. The number of phenolic OH excluding ortho intramolecular Hbond substituents is 1. The summed E-state index contributed by atoms with van der Waals surface area (Å²) in [7, 11) is 0. The SMILES string of the molecule is CC1(C)C2CCC1(C)C(C1CCC1C(=C1CC1)C1CCCN1C(=O)C1CSCN1C(=O)C(O)Cc1ccc(O)cc1)C2. The number of amides is 2. The van der Waals surface area contributed by atoms with Gasteiger partial charge in [-0.2, -0.15) is 0 Å². The number of carbonyl (C=O) groups is 2. The molecule has 1 aromatic rings. The minimum atomic E-state index is -1.20.